The average Bonchev–Trinajstić information content (AvgIpc) is 1.87. The number of carboxylic acid groups (broad SMARTS) is 1. The van der Waals surface area contributed by atoms with Crippen LogP contribution in [0, 0.1) is 0 Å². The van der Waals surface area contributed by atoms with Gasteiger partial charge in [0.15, 0.2) is 0 Å². The number of carbonyl (C=O) groups excluding carboxylic acids is 2. The van der Waals surface area contributed by atoms with E-state index in [1.807, 2.05) is 6.92 Å². The molecule has 70 valence electrons. The van der Waals surface area contributed by atoms with Crippen LogP contribution in [0.5, 0.6) is 0 Å². The predicted molar refractivity (Wildman–Crippen MR) is 43.9 cm³/mol. The summed E-state index contributed by atoms with van der Waals surface area (Å²) in [6.07, 6.45) is 1.72. The van der Waals surface area contributed by atoms with Crippen LogP contribution in [0.2, 0.25) is 0 Å². The molecular formula is C8H14O4. The largest absolute Gasteiger partial charge is 0.476 e. The lowest BCUT2D eigenvalue weighted by Gasteiger charge is -1.80. The Morgan fingerprint density at radius 2 is 1.50 bits per heavy atom. The van der Waals surface area contributed by atoms with Gasteiger partial charge in [-0.05, 0) is 13.3 Å². The summed E-state index contributed by atoms with van der Waals surface area (Å²) in [6.45, 7) is 4.62. The van der Waals surface area contributed by atoms with E-state index in [1.54, 1.807) is 6.92 Å². The van der Waals surface area contributed by atoms with E-state index in [1.165, 1.54) is 0 Å². The maximum atomic E-state index is 10.0. The van der Waals surface area contributed by atoms with Crippen molar-refractivity contribution in [2.75, 3.05) is 0 Å². The monoisotopic (exact) mass is 174 g/mol. The predicted octanol–water partition coefficient (Wildman–Crippen LogP) is 1.04. The van der Waals surface area contributed by atoms with E-state index >= 15 is 0 Å². The summed E-state index contributed by atoms with van der Waals surface area (Å²) in [7, 11) is 0. The molecule has 0 aliphatic heterocycles. The minimum Gasteiger partial charge on any atom is -0.476 e. The number of Topliss-reactive ketones (excluding diaryl/α,β-unsaturated/α-hetero) is 2. The zero-order valence-electron chi connectivity index (χ0n) is 7.59. The van der Waals surface area contributed by atoms with Crippen molar-refractivity contribution < 1.29 is 19.5 Å². The molecule has 0 atom stereocenters. The number of carboxylic acids is 1. The van der Waals surface area contributed by atoms with Crippen molar-refractivity contribution in [3.63, 3.8) is 0 Å². The first kappa shape index (κ1) is 13.4. The van der Waals surface area contributed by atoms with Crippen molar-refractivity contribution in [3.05, 3.63) is 0 Å². The van der Waals surface area contributed by atoms with E-state index in [0.29, 0.717) is 0 Å². The van der Waals surface area contributed by atoms with Crippen LogP contribution in [-0.4, -0.2) is 22.6 Å². The molecule has 0 amide bonds. The number of carbonyl (C=O) groups is 3. The highest BCUT2D eigenvalue weighted by atomic mass is 16.4. The molecule has 0 unspecified atom stereocenters. The maximum Gasteiger partial charge on any atom is 0.371 e. The summed E-state index contributed by atoms with van der Waals surface area (Å²) < 4.78 is 0. The van der Waals surface area contributed by atoms with Gasteiger partial charge in [0.25, 0.3) is 0 Å². The van der Waals surface area contributed by atoms with E-state index < -0.39 is 11.8 Å². The zero-order valence-corrected chi connectivity index (χ0v) is 7.59. The van der Waals surface area contributed by atoms with Gasteiger partial charge in [0.1, 0.15) is 5.78 Å². The molecule has 0 fully saturated rings. The molecule has 4 nitrogen and oxygen atoms in total. The van der Waals surface area contributed by atoms with Crippen LogP contribution in [-0.2, 0) is 14.4 Å². The Hall–Kier alpha value is -1.19. The molecule has 0 aliphatic carbocycles. The number of ketones is 2. The Morgan fingerprint density at radius 1 is 1.17 bits per heavy atom. The first-order valence-electron chi connectivity index (χ1n) is 3.65. The summed E-state index contributed by atoms with van der Waals surface area (Å²) in [6, 6.07) is 0. The van der Waals surface area contributed by atoms with Crippen molar-refractivity contribution in [3.8, 4) is 0 Å². The average molecular weight is 174 g/mol. The molecule has 0 spiro atoms. The Balaban J connectivity index is 0. The lowest BCUT2D eigenvalue weighted by molar-refractivity contribution is -0.148. The van der Waals surface area contributed by atoms with Gasteiger partial charge in [0, 0.05) is 13.3 Å². The van der Waals surface area contributed by atoms with E-state index in [4.69, 9.17) is 5.11 Å². The highest BCUT2D eigenvalue weighted by molar-refractivity contribution is 6.31. The molecule has 0 bridgehead atoms. The van der Waals surface area contributed by atoms with Gasteiger partial charge in [-0.25, -0.2) is 4.79 Å². The molecule has 0 aromatic heterocycles. The highest BCUT2D eigenvalue weighted by Crippen LogP contribution is 1.84. The van der Waals surface area contributed by atoms with Crippen LogP contribution >= 0.6 is 0 Å². The maximum absolute atomic E-state index is 10.0. The Morgan fingerprint density at radius 3 is 1.50 bits per heavy atom. The SMILES string of the molecule is CC(=O)C(=O)O.CCCC(C)=O. The minimum absolute atomic E-state index is 0.289. The smallest absolute Gasteiger partial charge is 0.371 e. The number of hydrogen-bond acceptors (Lipinski definition) is 3. The molecule has 0 saturated carbocycles. The van der Waals surface area contributed by atoms with Gasteiger partial charge >= 0.3 is 5.97 Å². The van der Waals surface area contributed by atoms with Gasteiger partial charge in [-0.2, -0.15) is 0 Å². The lowest BCUT2D eigenvalue weighted by atomic mass is 10.3. The topological polar surface area (TPSA) is 71.4 Å². The van der Waals surface area contributed by atoms with Crippen LogP contribution in [0.4, 0.5) is 0 Å². The molecule has 0 heterocycles. The summed E-state index contributed by atoms with van der Waals surface area (Å²) in [4.78, 5) is 28.9. The van der Waals surface area contributed by atoms with Gasteiger partial charge in [-0.1, -0.05) is 6.92 Å². The van der Waals surface area contributed by atoms with Gasteiger partial charge in [0.05, 0.1) is 0 Å². The Labute approximate surface area is 71.6 Å². The second-order valence-corrected chi connectivity index (χ2v) is 2.31. The van der Waals surface area contributed by atoms with Gasteiger partial charge in [-0.3, -0.25) is 4.79 Å². The first-order chi connectivity index (χ1) is 5.41. The normalized spacial score (nSPS) is 7.92. The summed E-state index contributed by atoms with van der Waals surface area (Å²) in [5.74, 6) is -1.91. The first-order valence-corrected chi connectivity index (χ1v) is 3.65. The van der Waals surface area contributed by atoms with E-state index in [0.717, 1.165) is 19.8 Å². The fourth-order valence-corrected chi connectivity index (χ4v) is 0.352. The molecule has 4 heteroatoms. The van der Waals surface area contributed by atoms with Crippen molar-refractivity contribution in [1.29, 1.82) is 0 Å². The quantitative estimate of drug-likeness (QED) is 0.649. The van der Waals surface area contributed by atoms with Crippen molar-refractivity contribution >= 4 is 17.5 Å². The molecule has 0 aromatic carbocycles. The third kappa shape index (κ3) is 15.9. The third-order valence-electron chi connectivity index (χ3n) is 0.903. The molecule has 12 heavy (non-hydrogen) atoms. The van der Waals surface area contributed by atoms with Crippen molar-refractivity contribution in [2.24, 2.45) is 0 Å². The molecule has 0 aliphatic rings. The summed E-state index contributed by atoms with van der Waals surface area (Å²) in [5.41, 5.74) is 0. The van der Waals surface area contributed by atoms with Gasteiger partial charge < -0.3 is 9.90 Å². The molecular weight excluding hydrogens is 160 g/mol. The Kier molecular flexibility index (Phi) is 8.84. The minimum atomic E-state index is -1.38. The fraction of sp³-hybridized carbons (Fsp3) is 0.625. The van der Waals surface area contributed by atoms with Crippen LogP contribution in [0.15, 0.2) is 0 Å². The third-order valence-corrected chi connectivity index (χ3v) is 0.903. The standard InChI is InChI=1S/C5H10O.C3H4O3/c1-3-4-5(2)6;1-2(4)3(5)6/h3-4H2,1-2H3;1H3,(H,5,6). The van der Waals surface area contributed by atoms with Crippen LogP contribution in [0.25, 0.3) is 0 Å². The number of aliphatic carboxylic acids is 1. The van der Waals surface area contributed by atoms with Gasteiger partial charge in [-0.15, -0.1) is 0 Å². The van der Waals surface area contributed by atoms with E-state index in [9.17, 15) is 14.4 Å². The second-order valence-electron chi connectivity index (χ2n) is 2.31. The number of rotatable bonds is 3. The number of hydrogen-bond donors (Lipinski definition) is 1. The summed E-state index contributed by atoms with van der Waals surface area (Å²) in [5, 5.41) is 7.64. The van der Waals surface area contributed by atoms with Crippen LogP contribution < -0.4 is 0 Å². The van der Waals surface area contributed by atoms with Crippen molar-refractivity contribution in [2.45, 2.75) is 33.6 Å². The van der Waals surface area contributed by atoms with Crippen LogP contribution in [0.3, 0.4) is 0 Å². The van der Waals surface area contributed by atoms with Gasteiger partial charge in [0.2, 0.25) is 5.78 Å². The lowest BCUT2D eigenvalue weighted by Crippen LogP contribution is -2.05. The molecule has 0 aromatic rings. The molecule has 0 radical (unpaired) electrons. The van der Waals surface area contributed by atoms with E-state index in [-0.39, 0.29) is 5.78 Å². The summed E-state index contributed by atoms with van der Waals surface area (Å²) >= 11 is 0. The Bertz CT molecular complexity index is 160. The molecule has 0 rings (SSSR count). The van der Waals surface area contributed by atoms with Crippen LogP contribution in [0.1, 0.15) is 33.6 Å². The van der Waals surface area contributed by atoms with Crippen molar-refractivity contribution in [1.82, 2.24) is 0 Å². The molecule has 1 N–H and O–H groups in total. The molecule has 0 saturated heterocycles. The van der Waals surface area contributed by atoms with E-state index in [2.05, 4.69) is 0 Å². The highest BCUT2D eigenvalue weighted by Gasteiger charge is 1.98. The zero-order chi connectivity index (χ0) is 10.1. The fourth-order valence-electron chi connectivity index (χ4n) is 0.352. The second kappa shape index (κ2) is 7.91.